The van der Waals surface area contributed by atoms with Gasteiger partial charge in [0.1, 0.15) is 23.0 Å². The van der Waals surface area contributed by atoms with E-state index in [1.807, 2.05) is 12.1 Å². The highest BCUT2D eigenvalue weighted by Crippen LogP contribution is 2.50. The van der Waals surface area contributed by atoms with Crippen molar-refractivity contribution < 1.29 is 33.6 Å². The molecule has 1 aliphatic heterocycles. The highest BCUT2D eigenvalue weighted by atomic mass is 16.5. The number of aryl methyl sites for hydroxylation is 2. The average Bonchev–Trinajstić information content (AvgIpc) is 3.08. The van der Waals surface area contributed by atoms with Crippen LogP contribution in [0.15, 0.2) is 24.3 Å². The van der Waals surface area contributed by atoms with E-state index in [2.05, 4.69) is 26.0 Å². The van der Waals surface area contributed by atoms with E-state index < -0.39 is 0 Å². The summed E-state index contributed by atoms with van der Waals surface area (Å²) in [6, 6.07) is 8.08. The van der Waals surface area contributed by atoms with Crippen LogP contribution in [-0.4, -0.2) is 38.4 Å². The van der Waals surface area contributed by atoms with Crippen LogP contribution in [0.4, 0.5) is 0 Å². The van der Waals surface area contributed by atoms with Gasteiger partial charge in [0.05, 0.1) is 33.2 Å². The third-order valence-electron chi connectivity index (χ3n) is 10.2. The maximum Gasteiger partial charge on any atom is 0.314 e. The molecule has 2 aromatic rings. The Labute approximate surface area is 276 Å². The summed E-state index contributed by atoms with van der Waals surface area (Å²) in [7, 11) is 4.87. The highest BCUT2D eigenvalue weighted by Gasteiger charge is 2.41. The van der Waals surface area contributed by atoms with Crippen molar-refractivity contribution in [1.29, 1.82) is 0 Å². The average molecular weight is 637 g/mol. The molecule has 254 valence electrons. The van der Waals surface area contributed by atoms with E-state index in [0.717, 1.165) is 105 Å². The molecule has 0 radical (unpaired) electrons. The number of ether oxygens (including phenoxy) is 4. The molecule has 1 N–H and O–H groups in total. The molecule has 2 saturated carbocycles. The SMILES string of the molecule is CCCCCc1cc(O)c2c(c1)OC(=O)[C@@H]1CCCCC21.CCCCCc1cc(OC)c(C2CCCC[C@H]2C(=O)OC)c(OC)c1. The molecule has 5 rings (SSSR count). The number of phenolic OH excluding ortho intramolecular Hbond substituents is 1. The summed E-state index contributed by atoms with van der Waals surface area (Å²) in [5.74, 6) is 2.46. The molecule has 1 heterocycles. The molecule has 7 heteroatoms. The zero-order chi connectivity index (χ0) is 33.1. The van der Waals surface area contributed by atoms with Gasteiger partial charge in [-0.15, -0.1) is 0 Å². The molecule has 3 aliphatic rings. The minimum atomic E-state index is -0.124. The predicted molar refractivity (Wildman–Crippen MR) is 181 cm³/mol. The number of phenols is 1. The number of rotatable bonds is 12. The largest absolute Gasteiger partial charge is 0.508 e. The number of hydrogen-bond acceptors (Lipinski definition) is 7. The van der Waals surface area contributed by atoms with E-state index in [-0.39, 0.29) is 35.6 Å². The first-order valence-corrected chi connectivity index (χ1v) is 17.8. The van der Waals surface area contributed by atoms with Gasteiger partial charge in [-0.3, -0.25) is 9.59 Å². The summed E-state index contributed by atoms with van der Waals surface area (Å²) < 4.78 is 22.0. The molecule has 2 unspecified atom stereocenters. The first-order chi connectivity index (χ1) is 22.4. The van der Waals surface area contributed by atoms with Crippen molar-refractivity contribution in [2.75, 3.05) is 21.3 Å². The van der Waals surface area contributed by atoms with Gasteiger partial charge in [0, 0.05) is 23.0 Å². The van der Waals surface area contributed by atoms with Gasteiger partial charge in [-0.1, -0.05) is 65.2 Å². The van der Waals surface area contributed by atoms with E-state index >= 15 is 0 Å². The van der Waals surface area contributed by atoms with Crippen LogP contribution in [0.1, 0.15) is 138 Å². The second-order valence-electron chi connectivity index (χ2n) is 13.3. The first-order valence-electron chi connectivity index (χ1n) is 17.8. The van der Waals surface area contributed by atoms with Crippen LogP contribution in [0.25, 0.3) is 0 Å². The Hall–Kier alpha value is -3.22. The molecule has 0 bridgehead atoms. The Morgan fingerprint density at radius 3 is 1.85 bits per heavy atom. The molecule has 0 spiro atoms. The third kappa shape index (κ3) is 8.57. The van der Waals surface area contributed by atoms with Gasteiger partial charge in [-0.25, -0.2) is 0 Å². The van der Waals surface area contributed by atoms with Crippen LogP contribution in [-0.2, 0) is 27.2 Å². The number of methoxy groups -OCH3 is 3. The minimum Gasteiger partial charge on any atom is -0.508 e. The van der Waals surface area contributed by atoms with Gasteiger partial charge in [0.15, 0.2) is 0 Å². The van der Waals surface area contributed by atoms with Crippen LogP contribution >= 0.6 is 0 Å². The lowest BCUT2D eigenvalue weighted by atomic mass is 9.73. The van der Waals surface area contributed by atoms with Crippen molar-refractivity contribution in [2.24, 2.45) is 11.8 Å². The smallest absolute Gasteiger partial charge is 0.314 e. The van der Waals surface area contributed by atoms with Crippen molar-refractivity contribution in [1.82, 2.24) is 0 Å². The molecule has 46 heavy (non-hydrogen) atoms. The molecule has 4 atom stereocenters. The fraction of sp³-hybridized carbons (Fsp3) is 0.641. The first kappa shape index (κ1) is 35.6. The fourth-order valence-corrected chi connectivity index (χ4v) is 7.78. The maximum atomic E-state index is 12.3. The quantitative estimate of drug-likeness (QED) is 0.141. The van der Waals surface area contributed by atoms with Crippen LogP contribution in [0.2, 0.25) is 0 Å². The zero-order valence-electron chi connectivity index (χ0n) is 28.8. The number of benzene rings is 2. The monoisotopic (exact) mass is 636 g/mol. The van der Waals surface area contributed by atoms with Gasteiger partial charge < -0.3 is 24.1 Å². The molecule has 0 amide bonds. The predicted octanol–water partition coefficient (Wildman–Crippen LogP) is 9.20. The van der Waals surface area contributed by atoms with Crippen LogP contribution in [0.5, 0.6) is 23.0 Å². The second kappa shape index (κ2) is 17.6. The summed E-state index contributed by atoms with van der Waals surface area (Å²) in [6.45, 7) is 4.38. The maximum absolute atomic E-state index is 12.3. The number of carbonyl (C=O) groups excluding carboxylic acids is 2. The number of carbonyl (C=O) groups is 2. The molecule has 2 aromatic carbocycles. The van der Waals surface area contributed by atoms with Crippen LogP contribution < -0.4 is 14.2 Å². The lowest BCUT2D eigenvalue weighted by molar-refractivity contribution is -0.147. The standard InChI is InChI=1S/C21H32O4.C18H24O3/c1-5-6-7-10-15-13-18(23-2)20(19(14-15)24-3)16-11-8-9-12-17(16)21(22)25-4;1-2-3-4-7-12-10-15(19)17-13-8-5-6-9-14(13)18(20)21-16(17)11-12/h13-14,16-17H,5-12H2,1-4H3;10-11,13-14,19H,2-9H2,1H3/t16?,17-;13?,14-/m11/s1. The Morgan fingerprint density at radius 1 is 0.739 bits per heavy atom. The molecule has 0 saturated heterocycles. The normalized spacial score (nSPS) is 22.0. The lowest BCUT2D eigenvalue weighted by Gasteiger charge is -2.35. The zero-order valence-corrected chi connectivity index (χ0v) is 28.8. The summed E-state index contributed by atoms with van der Waals surface area (Å²) in [5, 5.41) is 10.4. The topological polar surface area (TPSA) is 91.3 Å². The minimum absolute atomic E-state index is 0.0527. The molecular formula is C39H56O7. The molecule has 7 nitrogen and oxygen atoms in total. The van der Waals surface area contributed by atoms with Gasteiger partial charge in [0.25, 0.3) is 0 Å². The number of fused-ring (bicyclic) bond motifs is 3. The summed E-state index contributed by atoms with van der Waals surface area (Å²) >= 11 is 0. The van der Waals surface area contributed by atoms with Crippen LogP contribution in [0, 0.1) is 11.8 Å². The number of aromatic hydroxyl groups is 1. The van der Waals surface area contributed by atoms with Crippen molar-refractivity contribution in [2.45, 2.75) is 128 Å². The van der Waals surface area contributed by atoms with E-state index in [9.17, 15) is 14.7 Å². The Kier molecular flexibility index (Phi) is 13.7. The molecular weight excluding hydrogens is 580 g/mol. The second-order valence-corrected chi connectivity index (χ2v) is 13.3. The lowest BCUT2D eigenvalue weighted by Crippen LogP contribution is -2.33. The van der Waals surface area contributed by atoms with Gasteiger partial charge in [-0.2, -0.15) is 0 Å². The molecule has 2 fully saturated rings. The Bertz CT molecular complexity index is 1280. The summed E-state index contributed by atoms with van der Waals surface area (Å²) in [5.41, 5.74) is 4.20. The third-order valence-corrected chi connectivity index (χ3v) is 10.2. The van der Waals surface area contributed by atoms with Crippen LogP contribution in [0.3, 0.4) is 0 Å². The Morgan fingerprint density at radius 2 is 1.28 bits per heavy atom. The van der Waals surface area contributed by atoms with E-state index in [1.54, 1.807) is 14.2 Å². The summed E-state index contributed by atoms with van der Waals surface area (Å²) in [6.07, 6.45) is 17.1. The number of hydrogen-bond donors (Lipinski definition) is 1. The van der Waals surface area contributed by atoms with Crippen molar-refractivity contribution >= 4 is 11.9 Å². The van der Waals surface area contributed by atoms with Crippen molar-refractivity contribution in [3.63, 3.8) is 0 Å². The summed E-state index contributed by atoms with van der Waals surface area (Å²) in [4.78, 5) is 24.5. The van der Waals surface area contributed by atoms with E-state index in [0.29, 0.717) is 11.5 Å². The fourth-order valence-electron chi connectivity index (χ4n) is 7.78. The Balaban J connectivity index is 0.000000211. The molecule has 0 aromatic heterocycles. The number of unbranched alkanes of at least 4 members (excludes halogenated alkanes) is 4. The van der Waals surface area contributed by atoms with E-state index in [4.69, 9.17) is 18.9 Å². The van der Waals surface area contributed by atoms with Gasteiger partial charge in [-0.05, 0) is 86.8 Å². The number of esters is 2. The van der Waals surface area contributed by atoms with Gasteiger partial charge >= 0.3 is 11.9 Å². The van der Waals surface area contributed by atoms with Crippen molar-refractivity contribution in [3.05, 3.63) is 46.5 Å². The highest BCUT2D eigenvalue weighted by molar-refractivity contribution is 5.80. The van der Waals surface area contributed by atoms with Crippen molar-refractivity contribution in [3.8, 4) is 23.0 Å². The molecule has 2 aliphatic carbocycles. The van der Waals surface area contributed by atoms with Gasteiger partial charge in [0.2, 0.25) is 0 Å². The van der Waals surface area contributed by atoms with E-state index in [1.165, 1.54) is 38.4 Å².